The van der Waals surface area contributed by atoms with Gasteiger partial charge in [0.25, 0.3) is 5.56 Å². The van der Waals surface area contributed by atoms with E-state index in [0.717, 1.165) is 9.13 Å². The maximum Gasteiger partial charge on any atom is 0.332 e. The second-order valence-corrected chi connectivity index (χ2v) is 3.52. The average molecular weight is 222 g/mol. The van der Waals surface area contributed by atoms with E-state index in [1.807, 2.05) is 0 Å². The predicted octanol–water partition coefficient (Wildman–Crippen LogP) is -1.71. The third kappa shape index (κ3) is 1.37. The van der Waals surface area contributed by atoms with E-state index >= 15 is 0 Å². The molecule has 0 saturated heterocycles. The second-order valence-electron chi connectivity index (χ2n) is 3.52. The highest BCUT2D eigenvalue weighted by Crippen LogP contribution is 2.18. The Labute approximate surface area is 89.8 Å². The van der Waals surface area contributed by atoms with Crippen LogP contribution >= 0.6 is 0 Å². The lowest BCUT2D eigenvalue weighted by atomic mass is 10.2. The van der Waals surface area contributed by atoms with Gasteiger partial charge in [0, 0.05) is 19.7 Å². The SMILES string of the molecule is Cn1c(=O)c2c(n(CC(N)=O)c1=O)N=CC2. The molecule has 1 aromatic rings. The van der Waals surface area contributed by atoms with Gasteiger partial charge < -0.3 is 5.73 Å². The van der Waals surface area contributed by atoms with Crippen LogP contribution in [0.3, 0.4) is 0 Å². The Morgan fingerprint density at radius 2 is 2.25 bits per heavy atom. The van der Waals surface area contributed by atoms with Crippen molar-refractivity contribution in [3.8, 4) is 0 Å². The molecule has 0 radical (unpaired) electrons. The van der Waals surface area contributed by atoms with Gasteiger partial charge in [0.1, 0.15) is 12.4 Å². The van der Waals surface area contributed by atoms with Crippen LogP contribution in [0.25, 0.3) is 0 Å². The topological polar surface area (TPSA) is 99.5 Å². The number of hydrogen-bond donors (Lipinski definition) is 1. The summed E-state index contributed by atoms with van der Waals surface area (Å²) >= 11 is 0. The Balaban J connectivity index is 2.78. The molecule has 7 heteroatoms. The van der Waals surface area contributed by atoms with E-state index in [9.17, 15) is 14.4 Å². The zero-order valence-corrected chi connectivity index (χ0v) is 8.64. The third-order valence-electron chi connectivity index (χ3n) is 2.43. The third-order valence-corrected chi connectivity index (χ3v) is 2.43. The van der Waals surface area contributed by atoms with Crippen LogP contribution in [0, 0.1) is 0 Å². The van der Waals surface area contributed by atoms with Crippen LogP contribution in [-0.4, -0.2) is 21.3 Å². The van der Waals surface area contributed by atoms with Gasteiger partial charge in [-0.05, 0) is 0 Å². The molecule has 0 saturated carbocycles. The zero-order valence-electron chi connectivity index (χ0n) is 8.64. The summed E-state index contributed by atoms with van der Waals surface area (Å²) in [4.78, 5) is 38.2. The average Bonchev–Trinajstić information content (AvgIpc) is 2.69. The molecule has 0 bridgehead atoms. The summed E-state index contributed by atoms with van der Waals surface area (Å²) in [5, 5.41) is 0. The molecule has 84 valence electrons. The summed E-state index contributed by atoms with van der Waals surface area (Å²) in [5.74, 6) is -0.406. The van der Waals surface area contributed by atoms with Crippen molar-refractivity contribution in [3.63, 3.8) is 0 Å². The molecule has 1 aliphatic rings. The lowest BCUT2D eigenvalue weighted by Crippen LogP contribution is -2.41. The highest BCUT2D eigenvalue weighted by Gasteiger charge is 2.20. The molecule has 0 atom stereocenters. The number of rotatable bonds is 2. The van der Waals surface area contributed by atoms with Gasteiger partial charge in [0.2, 0.25) is 5.91 Å². The van der Waals surface area contributed by atoms with E-state index in [1.165, 1.54) is 13.3 Å². The first-order valence-corrected chi connectivity index (χ1v) is 4.66. The Hall–Kier alpha value is -2.18. The van der Waals surface area contributed by atoms with Crippen LogP contribution in [0.15, 0.2) is 14.6 Å². The molecule has 1 aromatic heterocycles. The van der Waals surface area contributed by atoms with Gasteiger partial charge in [0.05, 0.1) is 5.56 Å². The maximum absolute atomic E-state index is 11.7. The minimum atomic E-state index is -0.648. The molecule has 2 N–H and O–H groups in total. The van der Waals surface area contributed by atoms with Crippen molar-refractivity contribution in [1.29, 1.82) is 0 Å². The molecular weight excluding hydrogens is 212 g/mol. The number of hydrogen-bond acceptors (Lipinski definition) is 4. The number of aromatic nitrogens is 2. The van der Waals surface area contributed by atoms with Crippen molar-refractivity contribution >= 4 is 17.9 Å². The van der Waals surface area contributed by atoms with Crippen molar-refractivity contribution < 1.29 is 4.79 Å². The number of carbonyl (C=O) groups is 1. The Bertz CT molecular complexity index is 608. The molecule has 2 heterocycles. The molecule has 1 amide bonds. The second kappa shape index (κ2) is 3.44. The Morgan fingerprint density at radius 1 is 1.56 bits per heavy atom. The molecule has 7 nitrogen and oxygen atoms in total. The maximum atomic E-state index is 11.7. The Morgan fingerprint density at radius 3 is 2.88 bits per heavy atom. The van der Waals surface area contributed by atoms with Gasteiger partial charge in [-0.1, -0.05) is 0 Å². The molecule has 0 spiro atoms. The molecule has 0 unspecified atom stereocenters. The largest absolute Gasteiger partial charge is 0.368 e. The van der Waals surface area contributed by atoms with Crippen molar-refractivity contribution in [2.75, 3.05) is 0 Å². The highest BCUT2D eigenvalue weighted by atomic mass is 16.2. The van der Waals surface area contributed by atoms with Gasteiger partial charge in [-0.25, -0.2) is 9.79 Å². The Kier molecular flexibility index (Phi) is 2.22. The van der Waals surface area contributed by atoms with Crippen LogP contribution in [-0.2, 0) is 24.8 Å². The molecular formula is C9H10N4O3. The fraction of sp³-hybridized carbons (Fsp3) is 0.333. The summed E-state index contributed by atoms with van der Waals surface area (Å²) < 4.78 is 2.07. The van der Waals surface area contributed by atoms with Gasteiger partial charge in [-0.3, -0.25) is 18.7 Å². The molecule has 16 heavy (non-hydrogen) atoms. The van der Waals surface area contributed by atoms with Crippen LogP contribution in [0.1, 0.15) is 5.56 Å². The van der Waals surface area contributed by atoms with Gasteiger partial charge in [-0.15, -0.1) is 0 Å². The van der Waals surface area contributed by atoms with E-state index in [4.69, 9.17) is 5.73 Å². The van der Waals surface area contributed by atoms with E-state index in [1.54, 1.807) is 0 Å². The van der Waals surface area contributed by atoms with Gasteiger partial charge in [-0.2, -0.15) is 0 Å². The zero-order chi connectivity index (χ0) is 11.9. The van der Waals surface area contributed by atoms with E-state index < -0.39 is 11.6 Å². The van der Waals surface area contributed by atoms with Crippen LogP contribution in [0.4, 0.5) is 5.82 Å². The standard InChI is InChI=1S/C9H10N4O3/c1-12-8(15)5-2-3-11-7(5)13(9(12)16)4-6(10)14/h3H,2,4H2,1H3,(H2,10,14). The van der Waals surface area contributed by atoms with Crippen molar-refractivity contribution in [3.05, 3.63) is 26.4 Å². The van der Waals surface area contributed by atoms with Gasteiger partial charge >= 0.3 is 5.69 Å². The van der Waals surface area contributed by atoms with Crippen molar-refractivity contribution in [1.82, 2.24) is 9.13 Å². The minimum Gasteiger partial charge on any atom is -0.368 e. The fourth-order valence-corrected chi connectivity index (χ4v) is 1.67. The number of nitrogens with two attached hydrogens (primary N) is 1. The van der Waals surface area contributed by atoms with Crippen molar-refractivity contribution in [2.45, 2.75) is 13.0 Å². The predicted molar refractivity (Wildman–Crippen MR) is 57.0 cm³/mol. The van der Waals surface area contributed by atoms with E-state index in [2.05, 4.69) is 4.99 Å². The van der Waals surface area contributed by atoms with Crippen LogP contribution in [0.5, 0.6) is 0 Å². The first kappa shape index (κ1) is 10.3. The number of fused-ring (bicyclic) bond motifs is 1. The highest BCUT2D eigenvalue weighted by molar-refractivity contribution is 5.76. The summed E-state index contributed by atoms with van der Waals surface area (Å²) in [6.45, 7) is -0.271. The number of primary amides is 1. The van der Waals surface area contributed by atoms with Crippen LogP contribution in [0.2, 0.25) is 0 Å². The molecule has 0 fully saturated rings. The lowest BCUT2D eigenvalue weighted by Gasteiger charge is -2.09. The molecule has 2 rings (SSSR count). The smallest absolute Gasteiger partial charge is 0.332 e. The quantitative estimate of drug-likeness (QED) is 0.644. The van der Waals surface area contributed by atoms with Gasteiger partial charge in [0.15, 0.2) is 0 Å². The summed E-state index contributed by atoms with van der Waals surface area (Å²) in [6.07, 6.45) is 1.91. The van der Waals surface area contributed by atoms with Crippen molar-refractivity contribution in [2.24, 2.45) is 17.8 Å². The fourth-order valence-electron chi connectivity index (χ4n) is 1.67. The monoisotopic (exact) mass is 222 g/mol. The molecule has 0 aromatic carbocycles. The summed E-state index contributed by atoms with van der Waals surface area (Å²) in [7, 11) is 1.36. The first-order chi connectivity index (χ1) is 7.52. The van der Waals surface area contributed by atoms with E-state index in [0.29, 0.717) is 12.0 Å². The number of carbonyl (C=O) groups excluding carboxylic acids is 1. The molecule has 0 aliphatic carbocycles. The number of aliphatic imine (C=N–C) groups is 1. The summed E-state index contributed by atoms with van der Waals surface area (Å²) in [6, 6.07) is 0. The van der Waals surface area contributed by atoms with Crippen LogP contribution < -0.4 is 17.0 Å². The normalized spacial score (nSPS) is 12.8. The van der Waals surface area contributed by atoms with E-state index in [-0.39, 0.29) is 17.9 Å². The summed E-state index contributed by atoms with van der Waals surface area (Å²) in [5.41, 5.74) is 4.50. The molecule has 1 aliphatic heterocycles. The number of nitrogens with zero attached hydrogens (tertiary/aromatic N) is 3. The lowest BCUT2D eigenvalue weighted by molar-refractivity contribution is -0.118. The first-order valence-electron chi connectivity index (χ1n) is 4.66. The number of amides is 1. The minimum absolute atomic E-state index is 0.243.